The van der Waals surface area contributed by atoms with Crippen LogP contribution in [0.4, 0.5) is 0 Å². The topological polar surface area (TPSA) is 18.5 Å². The van der Waals surface area contributed by atoms with Crippen molar-refractivity contribution in [2.45, 2.75) is 19.4 Å². The average molecular weight is 255 g/mol. The second-order valence-corrected chi connectivity index (χ2v) is 3.98. The smallest absolute Gasteiger partial charge is 0.147 e. The first-order valence-electron chi connectivity index (χ1n) is 5.84. The molecule has 0 aliphatic carbocycles. The highest BCUT2D eigenvalue weighted by molar-refractivity contribution is 6.17. The van der Waals surface area contributed by atoms with Crippen molar-refractivity contribution in [3.05, 3.63) is 48.0 Å². The van der Waals surface area contributed by atoms with Gasteiger partial charge in [0, 0.05) is 5.88 Å². The van der Waals surface area contributed by atoms with Gasteiger partial charge in [-0.1, -0.05) is 42.5 Å². The van der Waals surface area contributed by atoms with Crippen molar-refractivity contribution in [3.8, 4) is 0 Å². The highest BCUT2D eigenvalue weighted by atomic mass is 35.5. The standard InChI is InChI=1S/C14H19ClO2/c15-10-6-1-2-7-11-16-13-17-12-14-8-4-3-5-9-14/h1-5,8-9H,6-7,10-13H2/b2-1+. The number of hydrogen-bond acceptors (Lipinski definition) is 2. The molecule has 0 bridgehead atoms. The van der Waals surface area contributed by atoms with Crippen LogP contribution in [0.5, 0.6) is 0 Å². The number of halogens is 1. The van der Waals surface area contributed by atoms with Gasteiger partial charge >= 0.3 is 0 Å². The van der Waals surface area contributed by atoms with Gasteiger partial charge in [0.25, 0.3) is 0 Å². The van der Waals surface area contributed by atoms with Crippen LogP contribution in [-0.4, -0.2) is 19.3 Å². The molecule has 0 saturated carbocycles. The Morgan fingerprint density at radius 2 is 1.76 bits per heavy atom. The third-order valence-corrected chi connectivity index (χ3v) is 2.37. The van der Waals surface area contributed by atoms with E-state index in [-0.39, 0.29) is 0 Å². The fourth-order valence-corrected chi connectivity index (χ4v) is 1.43. The van der Waals surface area contributed by atoms with E-state index < -0.39 is 0 Å². The molecule has 17 heavy (non-hydrogen) atoms. The minimum absolute atomic E-state index is 0.345. The fourth-order valence-electron chi connectivity index (χ4n) is 1.30. The zero-order valence-electron chi connectivity index (χ0n) is 9.98. The Balaban J connectivity index is 1.91. The first-order valence-corrected chi connectivity index (χ1v) is 6.37. The van der Waals surface area contributed by atoms with Crippen molar-refractivity contribution in [2.75, 3.05) is 19.3 Å². The Morgan fingerprint density at radius 1 is 1.00 bits per heavy atom. The first-order chi connectivity index (χ1) is 8.43. The summed E-state index contributed by atoms with van der Waals surface area (Å²) in [6, 6.07) is 10.1. The van der Waals surface area contributed by atoms with Crippen molar-refractivity contribution >= 4 is 11.6 Å². The zero-order chi connectivity index (χ0) is 12.2. The molecule has 0 saturated heterocycles. The molecule has 0 spiro atoms. The van der Waals surface area contributed by atoms with Crippen LogP contribution in [0, 0.1) is 0 Å². The predicted octanol–water partition coefficient (Wildman–Crippen LogP) is 3.75. The number of benzene rings is 1. The van der Waals surface area contributed by atoms with E-state index in [1.807, 2.05) is 30.3 Å². The Morgan fingerprint density at radius 3 is 2.53 bits per heavy atom. The highest BCUT2D eigenvalue weighted by Crippen LogP contribution is 2.00. The van der Waals surface area contributed by atoms with Gasteiger partial charge in [-0.05, 0) is 18.4 Å². The molecular weight excluding hydrogens is 236 g/mol. The molecule has 0 radical (unpaired) electrons. The minimum atomic E-state index is 0.345. The summed E-state index contributed by atoms with van der Waals surface area (Å²) in [6.45, 7) is 1.63. The zero-order valence-corrected chi connectivity index (χ0v) is 10.7. The van der Waals surface area contributed by atoms with Gasteiger partial charge in [0.05, 0.1) is 13.2 Å². The van der Waals surface area contributed by atoms with Gasteiger partial charge in [-0.2, -0.15) is 0 Å². The second-order valence-electron chi connectivity index (χ2n) is 3.60. The molecule has 94 valence electrons. The van der Waals surface area contributed by atoms with Crippen LogP contribution >= 0.6 is 11.6 Å². The van der Waals surface area contributed by atoms with Gasteiger partial charge in [-0.25, -0.2) is 0 Å². The van der Waals surface area contributed by atoms with Gasteiger partial charge in [0.1, 0.15) is 6.79 Å². The number of allylic oxidation sites excluding steroid dienone is 1. The maximum Gasteiger partial charge on any atom is 0.147 e. The summed E-state index contributed by atoms with van der Waals surface area (Å²) in [5, 5.41) is 0. The van der Waals surface area contributed by atoms with Gasteiger partial charge < -0.3 is 9.47 Å². The van der Waals surface area contributed by atoms with E-state index in [1.54, 1.807) is 0 Å². The summed E-state index contributed by atoms with van der Waals surface area (Å²) >= 11 is 5.54. The molecule has 1 rings (SSSR count). The van der Waals surface area contributed by atoms with Crippen LogP contribution in [-0.2, 0) is 16.1 Å². The molecule has 0 aliphatic rings. The number of rotatable bonds is 9. The minimum Gasteiger partial charge on any atom is -0.355 e. The van der Waals surface area contributed by atoms with Gasteiger partial charge in [0.15, 0.2) is 0 Å². The molecule has 1 aromatic carbocycles. The van der Waals surface area contributed by atoms with Crippen molar-refractivity contribution in [1.82, 2.24) is 0 Å². The molecule has 0 aromatic heterocycles. The van der Waals surface area contributed by atoms with Crippen LogP contribution in [0.2, 0.25) is 0 Å². The lowest BCUT2D eigenvalue weighted by Crippen LogP contribution is -2.01. The molecule has 0 aliphatic heterocycles. The van der Waals surface area contributed by atoms with Gasteiger partial charge in [-0.15, -0.1) is 11.6 Å². The maximum atomic E-state index is 5.54. The maximum absolute atomic E-state index is 5.54. The summed E-state index contributed by atoms with van der Waals surface area (Å²) in [6.07, 6.45) is 5.98. The van der Waals surface area contributed by atoms with E-state index in [4.69, 9.17) is 21.1 Å². The average Bonchev–Trinajstić information content (AvgIpc) is 2.38. The van der Waals surface area contributed by atoms with E-state index in [9.17, 15) is 0 Å². The lowest BCUT2D eigenvalue weighted by atomic mass is 10.2. The summed E-state index contributed by atoms with van der Waals surface area (Å²) in [5.41, 5.74) is 1.16. The Hall–Kier alpha value is -0.830. The van der Waals surface area contributed by atoms with Crippen molar-refractivity contribution in [1.29, 1.82) is 0 Å². The normalized spacial score (nSPS) is 11.1. The van der Waals surface area contributed by atoms with E-state index in [0.717, 1.165) is 18.4 Å². The highest BCUT2D eigenvalue weighted by Gasteiger charge is 1.91. The summed E-state index contributed by atoms with van der Waals surface area (Å²) in [7, 11) is 0. The summed E-state index contributed by atoms with van der Waals surface area (Å²) in [5.74, 6) is 0.678. The fraction of sp³-hybridized carbons (Fsp3) is 0.429. The number of ether oxygens (including phenoxy) is 2. The van der Waals surface area contributed by atoms with Crippen molar-refractivity contribution in [2.24, 2.45) is 0 Å². The van der Waals surface area contributed by atoms with Gasteiger partial charge in [0.2, 0.25) is 0 Å². The largest absolute Gasteiger partial charge is 0.355 e. The van der Waals surface area contributed by atoms with Crippen LogP contribution in [0.15, 0.2) is 42.5 Å². The van der Waals surface area contributed by atoms with Crippen molar-refractivity contribution in [3.63, 3.8) is 0 Å². The molecule has 2 nitrogen and oxygen atoms in total. The predicted molar refractivity (Wildman–Crippen MR) is 71.1 cm³/mol. The molecule has 0 N–H and O–H groups in total. The van der Waals surface area contributed by atoms with Gasteiger partial charge in [-0.3, -0.25) is 0 Å². The molecule has 0 heterocycles. The van der Waals surface area contributed by atoms with Crippen LogP contribution in [0.3, 0.4) is 0 Å². The second kappa shape index (κ2) is 10.3. The van der Waals surface area contributed by atoms with Crippen LogP contribution < -0.4 is 0 Å². The summed E-state index contributed by atoms with van der Waals surface area (Å²) in [4.78, 5) is 0. The Bertz CT molecular complexity index is 298. The molecule has 0 atom stereocenters. The molecule has 0 amide bonds. The van der Waals surface area contributed by atoms with E-state index in [0.29, 0.717) is 25.9 Å². The Kier molecular flexibility index (Phi) is 8.65. The third-order valence-electron chi connectivity index (χ3n) is 2.15. The molecule has 0 fully saturated rings. The lowest BCUT2D eigenvalue weighted by molar-refractivity contribution is -0.0600. The first kappa shape index (κ1) is 14.2. The molecule has 3 heteroatoms. The van der Waals surface area contributed by atoms with E-state index in [2.05, 4.69) is 12.2 Å². The molecule has 0 unspecified atom stereocenters. The monoisotopic (exact) mass is 254 g/mol. The number of hydrogen-bond donors (Lipinski definition) is 0. The van der Waals surface area contributed by atoms with E-state index >= 15 is 0 Å². The van der Waals surface area contributed by atoms with E-state index in [1.165, 1.54) is 0 Å². The third kappa shape index (κ3) is 7.97. The Labute approximate surface area is 108 Å². The molecule has 1 aromatic rings. The van der Waals surface area contributed by atoms with Crippen LogP contribution in [0.25, 0.3) is 0 Å². The summed E-state index contributed by atoms with van der Waals surface area (Å²) < 4.78 is 10.7. The molecular formula is C14H19ClO2. The quantitative estimate of drug-likeness (QED) is 0.289. The van der Waals surface area contributed by atoms with Crippen molar-refractivity contribution < 1.29 is 9.47 Å². The van der Waals surface area contributed by atoms with Crippen LogP contribution in [0.1, 0.15) is 18.4 Å². The lowest BCUT2D eigenvalue weighted by Gasteiger charge is -2.04. The number of alkyl halides is 1. The SMILES string of the molecule is ClCC/C=C/CCOCOCc1ccccc1.